The smallest absolute Gasteiger partial charge is 0.122 e. The van der Waals surface area contributed by atoms with Crippen LogP contribution in [0.25, 0.3) is 0 Å². The van der Waals surface area contributed by atoms with Crippen LogP contribution in [0.3, 0.4) is 0 Å². The van der Waals surface area contributed by atoms with Crippen molar-refractivity contribution in [2.75, 3.05) is 7.11 Å². The van der Waals surface area contributed by atoms with E-state index in [9.17, 15) is 5.11 Å². The molecule has 0 spiro atoms. The normalized spacial score (nSPS) is 28.6. The molecule has 0 heterocycles. The fourth-order valence-corrected chi connectivity index (χ4v) is 2.71. The third kappa shape index (κ3) is 2.39. The highest BCUT2D eigenvalue weighted by Crippen LogP contribution is 2.36. The summed E-state index contributed by atoms with van der Waals surface area (Å²) in [6.45, 7) is 0. The van der Waals surface area contributed by atoms with Gasteiger partial charge >= 0.3 is 0 Å². The van der Waals surface area contributed by atoms with Crippen LogP contribution in [0.4, 0.5) is 0 Å². The summed E-state index contributed by atoms with van der Waals surface area (Å²) in [5.41, 5.74) is 6.08. The standard InChI is InChI=1S/C12H16BrNO2/c1-16-11-3-2-9(13)4-8(11)5-12(15)6-10(14)7-12/h2-4,10,15H,5-7,14H2,1H3. The molecule has 0 saturated heterocycles. The second kappa shape index (κ2) is 4.35. The molecular weight excluding hydrogens is 270 g/mol. The Morgan fingerprint density at radius 3 is 2.81 bits per heavy atom. The summed E-state index contributed by atoms with van der Waals surface area (Å²) in [6, 6.07) is 5.96. The molecule has 1 saturated carbocycles. The van der Waals surface area contributed by atoms with Crippen molar-refractivity contribution in [3.63, 3.8) is 0 Å². The van der Waals surface area contributed by atoms with Crippen molar-refractivity contribution >= 4 is 15.9 Å². The van der Waals surface area contributed by atoms with E-state index in [1.54, 1.807) is 7.11 Å². The average molecular weight is 286 g/mol. The number of rotatable bonds is 3. The molecule has 1 aromatic rings. The minimum atomic E-state index is -0.645. The van der Waals surface area contributed by atoms with Gasteiger partial charge in [0.1, 0.15) is 5.75 Å². The summed E-state index contributed by atoms with van der Waals surface area (Å²) < 4.78 is 6.27. The Labute approximate surface area is 104 Å². The number of ether oxygens (including phenoxy) is 1. The number of hydrogen-bond acceptors (Lipinski definition) is 3. The van der Waals surface area contributed by atoms with Crippen molar-refractivity contribution in [3.8, 4) is 5.75 Å². The highest BCUT2D eigenvalue weighted by Gasteiger charge is 2.41. The fourth-order valence-electron chi connectivity index (χ4n) is 2.30. The molecule has 16 heavy (non-hydrogen) atoms. The summed E-state index contributed by atoms with van der Waals surface area (Å²) in [5, 5.41) is 10.2. The van der Waals surface area contributed by atoms with Gasteiger partial charge in [0.05, 0.1) is 12.7 Å². The van der Waals surface area contributed by atoms with Crippen molar-refractivity contribution in [1.29, 1.82) is 0 Å². The molecule has 1 fully saturated rings. The molecule has 0 radical (unpaired) electrons. The molecule has 0 amide bonds. The van der Waals surface area contributed by atoms with Gasteiger partial charge in [0.15, 0.2) is 0 Å². The number of halogens is 1. The minimum absolute atomic E-state index is 0.142. The van der Waals surface area contributed by atoms with Crippen molar-refractivity contribution in [3.05, 3.63) is 28.2 Å². The Morgan fingerprint density at radius 2 is 2.25 bits per heavy atom. The molecule has 0 bridgehead atoms. The molecule has 1 aliphatic carbocycles. The van der Waals surface area contributed by atoms with Gasteiger partial charge in [0, 0.05) is 16.9 Å². The number of nitrogens with two attached hydrogens (primary N) is 1. The van der Waals surface area contributed by atoms with E-state index in [1.807, 2.05) is 18.2 Å². The third-order valence-electron chi connectivity index (χ3n) is 3.05. The molecule has 88 valence electrons. The first-order chi connectivity index (χ1) is 7.52. The number of benzene rings is 1. The highest BCUT2D eigenvalue weighted by atomic mass is 79.9. The average Bonchev–Trinajstić information content (AvgIpc) is 2.15. The summed E-state index contributed by atoms with van der Waals surface area (Å²) in [7, 11) is 1.64. The van der Waals surface area contributed by atoms with Gasteiger partial charge in [-0.05, 0) is 36.6 Å². The molecule has 1 aliphatic rings. The first-order valence-electron chi connectivity index (χ1n) is 5.33. The van der Waals surface area contributed by atoms with Gasteiger partial charge in [-0.25, -0.2) is 0 Å². The lowest BCUT2D eigenvalue weighted by Crippen LogP contribution is -2.52. The monoisotopic (exact) mass is 285 g/mol. The Hall–Kier alpha value is -0.580. The van der Waals surface area contributed by atoms with Crippen molar-refractivity contribution < 1.29 is 9.84 Å². The summed E-state index contributed by atoms with van der Waals surface area (Å²) >= 11 is 3.42. The SMILES string of the molecule is COc1ccc(Br)cc1CC1(O)CC(N)C1. The maximum absolute atomic E-state index is 10.2. The molecule has 3 nitrogen and oxygen atoms in total. The van der Waals surface area contributed by atoms with Crippen molar-refractivity contribution in [2.45, 2.75) is 30.9 Å². The third-order valence-corrected chi connectivity index (χ3v) is 3.54. The van der Waals surface area contributed by atoms with Crippen LogP contribution in [0.2, 0.25) is 0 Å². The summed E-state index contributed by atoms with van der Waals surface area (Å²) in [4.78, 5) is 0. The quantitative estimate of drug-likeness (QED) is 0.891. The first kappa shape index (κ1) is 11.9. The number of hydrogen-bond donors (Lipinski definition) is 2. The topological polar surface area (TPSA) is 55.5 Å². The Balaban J connectivity index is 2.17. The molecular formula is C12H16BrNO2. The predicted octanol–water partition coefficient (Wildman–Crippen LogP) is 1.85. The van der Waals surface area contributed by atoms with Crippen LogP contribution in [0, 0.1) is 0 Å². The van der Waals surface area contributed by atoms with Crippen LogP contribution in [0.1, 0.15) is 18.4 Å². The van der Waals surface area contributed by atoms with Gasteiger partial charge < -0.3 is 15.6 Å². The van der Waals surface area contributed by atoms with Crippen molar-refractivity contribution in [2.24, 2.45) is 5.73 Å². The molecule has 2 rings (SSSR count). The number of aliphatic hydroxyl groups is 1. The molecule has 0 unspecified atom stereocenters. The first-order valence-corrected chi connectivity index (χ1v) is 6.12. The maximum atomic E-state index is 10.2. The molecule has 0 aromatic heterocycles. The lowest BCUT2D eigenvalue weighted by atomic mass is 9.72. The Morgan fingerprint density at radius 1 is 1.56 bits per heavy atom. The second-order valence-electron chi connectivity index (χ2n) is 4.53. The van der Waals surface area contributed by atoms with E-state index in [2.05, 4.69) is 15.9 Å². The summed E-state index contributed by atoms with van der Waals surface area (Å²) in [6.07, 6.45) is 1.94. The zero-order valence-corrected chi connectivity index (χ0v) is 10.8. The van der Waals surface area contributed by atoms with Crippen LogP contribution < -0.4 is 10.5 Å². The van der Waals surface area contributed by atoms with E-state index < -0.39 is 5.60 Å². The lowest BCUT2D eigenvalue weighted by molar-refractivity contribution is -0.0458. The lowest BCUT2D eigenvalue weighted by Gasteiger charge is -2.42. The maximum Gasteiger partial charge on any atom is 0.122 e. The van der Waals surface area contributed by atoms with Crippen LogP contribution in [-0.2, 0) is 6.42 Å². The zero-order valence-electron chi connectivity index (χ0n) is 9.24. The zero-order chi connectivity index (χ0) is 11.8. The highest BCUT2D eigenvalue weighted by molar-refractivity contribution is 9.10. The van der Waals surface area contributed by atoms with Gasteiger partial charge in [-0.1, -0.05) is 15.9 Å². The molecule has 0 aliphatic heterocycles. The van der Waals surface area contributed by atoms with Gasteiger partial charge in [0.2, 0.25) is 0 Å². The Bertz CT molecular complexity index is 389. The van der Waals surface area contributed by atoms with Gasteiger partial charge in [0.25, 0.3) is 0 Å². The van der Waals surface area contributed by atoms with Gasteiger partial charge in [-0.15, -0.1) is 0 Å². The van der Waals surface area contributed by atoms with E-state index in [1.165, 1.54) is 0 Å². The number of methoxy groups -OCH3 is 1. The summed E-state index contributed by atoms with van der Waals surface area (Å²) in [5.74, 6) is 0.817. The fraction of sp³-hybridized carbons (Fsp3) is 0.500. The van der Waals surface area contributed by atoms with Crippen LogP contribution >= 0.6 is 15.9 Å². The van der Waals surface area contributed by atoms with E-state index in [-0.39, 0.29) is 6.04 Å². The second-order valence-corrected chi connectivity index (χ2v) is 5.44. The predicted molar refractivity (Wildman–Crippen MR) is 66.6 cm³/mol. The molecule has 4 heteroatoms. The Kier molecular flexibility index (Phi) is 3.24. The van der Waals surface area contributed by atoms with Crippen LogP contribution in [0.5, 0.6) is 5.75 Å². The van der Waals surface area contributed by atoms with E-state index in [0.29, 0.717) is 19.3 Å². The van der Waals surface area contributed by atoms with Crippen molar-refractivity contribution in [1.82, 2.24) is 0 Å². The molecule has 0 atom stereocenters. The molecule has 3 N–H and O–H groups in total. The van der Waals surface area contributed by atoms with Gasteiger partial charge in [-0.3, -0.25) is 0 Å². The van der Waals surface area contributed by atoms with Crippen LogP contribution in [-0.4, -0.2) is 23.9 Å². The largest absolute Gasteiger partial charge is 0.496 e. The van der Waals surface area contributed by atoms with E-state index >= 15 is 0 Å². The molecule has 1 aromatic carbocycles. The van der Waals surface area contributed by atoms with Gasteiger partial charge in [-0.2, -0.15) is 0 Å². The minimum Gasteiger partial charge on any atom is -0.496 e. The van der Waals surface area contributed by atoms with E-state index in [0.717, 1.165) is 15.8 Å². The van der Waals surface area contributed by atoms with Crippen LogP contribution in [0.15, 0.2) is 22.7 Å². The van der Waals surface area contributed by atoms with E-state index in [4.69, 9.17) is 10.5 Å².